The smallest absolute Gasteiger partial charge is 0.330 e. The van der Waals surface area contributed by atoms with Gasteiger partial charge in [-0.1, -0.05) is 12.2 Å². The predicted molar refractivity (Wildman–Crippen MR) is 53.4 cm³/mol. The number of fused-ring (bicyclic) bond motifs is 2. The quantitative estimate of drug-likeness (QED) is 0.381. The molecule has 0 aliphatic carbocycles. The van der Waals surface area contributed by atoms with Crippen LogP contribution in [0.3, 0.4) is 0 Å². The van der Waals surface area contributed by atoms with Crippen LogP contribution in [0.15, 0.2) is 23.8 Å². The summed E-state index contributed by atoms with van der Waals surface area (Å²) in [6, 6.07) is 0. The summed E-state index contributed by atoms with van der Waals surface area (Å²) in [6.45, 7) is 0. The predicted octanol–water partition coefficient (Wildman–Crippen LogP) is 0.212. The molecule has 0 spiro atoms. The summed E-state index contributed by atoms with van der Waals surface area (Å²) in [7, 11) is 2.60. The molecular formula is C11H12O5. The van der Waals surface area contributed by atoms with Gasteiger partial charge in [-0.15, -0.1) is 0 Å². The summed E-state index contributed by atoms with van der Waals surface area (Å²) in [4.78, 5) is 22.7. The number of carbonyl (C=O) groups excluding carboxylic acids is 2. The molecule has 2 aliphatic heterocycles. The Kier molecular flexibility index (Phi) is 2.78. The minimum absolute atomic E-state index is 0.312. The molecule has 2 aliphatic rings. The van der Waals surface area contributed by atoms with E-state index in [-0.39, 0.29) is 12.2 Å². The molecule has 5 nitrogen and oxygen atoms in total. The Bertz CT molecular complexity index is 382. The molecule has 1 saturated heterocycles. The van der Waals surface area contributed by atoms with E-state index in [1.165, 1.54) is 20.3 Å². The molecule has 3 atom stereocenters. The fourth-order valence-electron chi connectivity index (χ4n) is 1.98. The highest BCUT2D eigenvalue weighted by molar-refractivity contribution is 5.87. The second-order valence-electron chi connectivity index (χ2n) is 3.57. The van der Waals surface area contributed by atoms with E-state index in [4.69, 9.17) is 4.74 Å². The summed E-state index contributed by atoms with van der Waals surface area (Å²) in [5, 5.41) is 0. The van der Waals surface area contributed by atoms with Gasteiger partial charge in [0.1, 0.15) is 5.92 Å². The highest BCUT2D eigenvalue weighted by atomic mass is 16.5. The molecular weight excluding hydrogens is 212 g/mol. The minimum atomic E-state index is -0.529. The molecule has 5 heteroatoms. The molecule has 0 radical (unpaired) electrons. The second-order valence-corrected chi connectivity index (χ2v) is 3.57. The van der Waals surface area contributed by atoms with Gasteiger partial charge in [0, 0.05) is 6.08 Å². The lowest BCUT2D eigenvalue weighted by Gasteiger charge is -2.15. The fraction of sp³-hybridized carbons (Fsp3) is 0.455. The normalized spacial score (nSPS) is 33.1. The molecule has 2 bridgehead atoms. The summed E-state index contributed by atoms with van der Waals surface area (Å²) in [5.74, 6) is -1.42. The molecule has 0 aromatic rings. The average Bonchev–Trinajstić information content (AvgIpc) is 2.88. The van der Waals surface area contributed by atoms with Crippen molar-refractivity contribution in [3.63, 3.8) is 0 Å². The lowest BCUT2D eigenvalue weighted by atomic mass is 9.88. The van der Waals surface area contributed by atoms with E-state index in [0.717, 1.165) is 0 Å². The van der Waals surface area contributed by atoms with Gasteiger partial charge in [0.05, 0.1) is 26.4 Å². The number of methoxy groups -OCH3 is 2. The molecule has 2 heterocycles. The number of carbonyl (C=O) groups is 2. The minimum Gasteiger partial charge on any atom is -0.468 e. The van der Waals surface area contributed by atoms with E-state index < -0.39 is 17.9 Å². The van der Waals surface area contributed by atoms with Crippen molar-refractivity contribution < 1.29 is 23.8 Å². The maximum atomic E-state index is 11.6. The van der Waals surface area contributed by atoms with Gasteiger partial charge in [-0.3, -0.25) is 4.79 Å². The van der Waals surface area contributed by atoms with E-state index in [2.05, 4.69) is 9.47 Å². The van der Waals surface area contributed by atoms with Gasteiger partial charge in [-0.2, -0.15) is 0 Å². The van der Waals surface area contributed by atoms with Crippen LogP contribution >= 0.6 is 0 Å². The van der Waals surface area contributed by atoms with Crippen LogP contribution in [0.25, 0.3) is 0 Å². The molecule has 3 unspecified atom stereocenters. The van der Waals surface area contributed by atoms with Crippen molar-refractivity contribution in [3.8, 4) is 0 Å². The molecule has 0 aromatic heterocycles. The fourth-order valence-corrected chi connectivity index (χ4v) is 1.98. The summed E-state index contributed by atoms with van der Waals surface area (Å²) in [6.07, 6.45) is 4.29. The van der Waals surface area contributed by atoms with Crippen LogP contribution in [0.5, 0.6) is 0 Å². The molecule has 0 amide bonds. The molecule has 0 N–H and O–H groups in total. The van der Waals surface area contributed by atoms with Crippen LogP contribution < -0.4 is 0 Å². The Balaban J connectivity index is 2.28. The Labute approximate surface area is 92.7 Å². The third-order valence-electron chi connectivity index (χ3n) is 2.74. The van der Waals surface area contributed by atoms with Crippen LogP contribution in [0.2, 0.25) is 0 Å². The van der Waals surface area contributed by atoms with E-state index in [1.807, 2.05) is 6.08 Å². The van der Waals surface area contributed by atoms with Crippen LogP contribution in [0, 0.1) is 5.92 Å². The van der Waals surface area contributed by atoms with Gasteiger partial charge >= 0.3 is 11.9 Å². The van der Waals surface area contributed by atoms with E-state index >= 15 is 0 Å². The zero-order valence-electron chi connectivity index (χ0n) is 9.01. The number of hydrogen-bond donors (Lipinski definition) is 0. The first-order chi connectivity index (χ1) is 7.67. The third kappa shape index (κ3) is 1.63. The topological polar surface area (TPSA) is 61.8 Å². The first-order valence-electron chi connectivity index (χ1n) is 4.88. The Hall–Kier alpha value is -1.62. The standard InChI is InChI=1S/C11H12O5/c1-14-9(12)5-6-7-3-4-8(16-7)10(6)11(13)15-2/h3-5,7-8,10H,1-2H3. The van der Waals surface area contributed by atoms with Crippen LogP contribution in [0.4, 0.5) is 0 Å². The number of hydrogen-bond acceptors (Lipinski definition) is 5. The monoisotopic (exact) mass is 224 g/mol. The van der Waals surface area contributed by atoms with Crippen LogP contribution in [-0.4, -0.2) is 38.4 Å². The van der Waals surface area contributed by atoms with E-state index in [1.54, 1.807) is 6.08 Å². The summed E-state index contributed by atoms with van der Waals surface area (Å²) in [5.41, 5.74) is 0.603. The molecule has 86 valence electrons. The van der Waals surface area contributed by atoms with Crippen molar-refractivity contribution >= 4 is 11.9 Å². The van der Waals surface area contributed by atoms with E-state index in [9.17, 15) is 9.59 Å². The number of rotatable bonds is 2. The van der Waals surface area contributed by atoms with Crippen molar-refractivity contribution in [1.82, 2.24) is 0 Å². The maximum absolute atomic E-state index is 11.6. The molecule has 1 fully saturated rings. The molecule has 16 heavy (non-hydrogen) atoms. The van der Waals surface area contributed by atoms with Crippen LogP contribution in [-0.2, 0) is 23.8 Å². The third-order valence-corrected chi connectivity index (χ3v) is 2.74. The van der Waals surface area contributed by atoms with Gasteiger partial charge in [0.15, 0.2) is 0 Å². The van der Waals surface area contributed by atoms with Crippen molar-refractivity contribution in [2.75, 3.05) is 14.2 Å². The molecule has 0 aromatic carbocycles. The highest BCUT2D eigenvalue weighted by Gasteiger charge is 2.46. The van der Waals surface area contributed by atoms with Crippen molar-refractivity contribution in [3.05, 3.63) is 23.8 Å². The van der Waals surface area contributed by atoms with Gasteiger partial charge < -0.3 is 14.2 Å². The Morgan fingerprint density at radius 2 is 2.06 bits per heavy atom. The summed E-state index contributed by atoms with van der Waals surface area (Å²) >= 11 is 0. The highest BCUT2D eigenvalue weighted by Crippen LogP contribution is 2.39. The lowest BCUT2D eigenvalue weighted by Crippen LogP contribution is -2.26. The maximum Gasteiger partial charge on any atom is 0.330 e. The Morgan fingerprint density at radius 1 is 1.31 bits per heavy atom. The van der Waals surface area contributed by atoms with Crippen LogP contribution in [0.1, 0.15) is 0 Å². The zero-order valence-corrected chi connectivity index (χ0v) is 9.01. The zero-order chi connectivity index (χ0) is 11.7. The van der Waals surface area contributed by atoms with Gasteiger partial charge in [0.25, 0.3) is 0 Å². The first-order valence-corrected chi connectivity index (χ1v) is 4.88. The van der Waals surface area contributed by atoms with Crippen molar-refractivity contribution in [2.45, 2.75) is 12.2 Å². The van der Waals surface area contributed by atoms with Crippen molar-refractivity contribution in [1.29, 1.82) is 0 Å². The molecule has 0 saturated carbocycles. The largest absolute Gasteiger partial charge is 0.468 e. The second kappa shape index (κ2) is 4.09. The van der Waals surface area contributed by atoms with Gasteiger partial charge in [-0.25, -0.2) is 4.79 Å². The molecule has 2 rings (SSSR count). The summed E-state index contributed by atoms with van der Waals surface area (Å²) < 4.78 is 14.7. The average molecular weight is 224 g/mol. The van der Waals surface area contributed by atoms with Gasteiger partial charge in [0.2, 0.25) is 0 Å². The number of esters is 2. The van der Waals surface area contributed by atoms with Crippen molar-refractivity contribution in [2.24, 2.45) is 5.92 Å². The van der Waals surface area contributed by atoms with E-state index in [0.29, 0.717) is 5.57 Å². The SMILES string of the molecule is COC(=O)C=C1C2C=CC(O2)C1C(=O)OC. The lowest BCUT2D eigenvalue weighted by molar-refractivity contribution is -0.145. The first kappa shape index (κ1) is 10.9. The van der Waals surface area contributed by atoms with Gasteiger partial charge in [-0.05, 0) is 5.57 Å². The number of ether oxygens (including phenoxy) is 3. The Morgan fingerprint density at radius 3 is 2.69 bits per heavy atom.